The monoisotopic (exact) mass is 357 g/mol. The van der Waals surface area contributed by atoms with Crippen LogP contribution in [0.1, 0.15) is 28.7 Å². The number of amides is 1. The van der Waals surface area contributed by atoms with E-state index in [0.29, 0.717) is 11.4 Å². The van der Waals surface area contributed by atoms with Crippen molar-refractivity contribution in [2.24, 2.45) is 0 Å². The average Bonchev–Trinajstić information content (AvgIpc) is 2.83. The number of carbonyl (C=O) groups excluding carboxylic acids is 1. The number of benzene rings is 1. The van der Waals surface area contributed by atoms with Gasteiger partial charge in [-0.05, 0) is 59.1 Å². The SMILES string of the molecule is CCc1ccc(NC(=O)c2c(C)nc3ccc(Br)cn23)cc1. The van der Waals surface area contributed by atoms with Gasteiger partial charge in [0.05, 0.1) is 5.69 Å². The largest absolute Gasteiger partial charge is 0.321 e. The first-order valence-corrected chi connectivity index (χ1v) is 7.92. The maximum atomic E-state index is 12.6. The van der Waals surface area contributed by atoms with Gasteiger partial charge < -0.3 is 5.32 Å². The molecule has 3 aromatic rings. The fourth-order valence-electron chi connectivity index (χ4n) is 2.42. The number of carbonyl (C=O) groups is 1. The molecule has 112 valence electrons. The van der Waals surface area contributed by atoms with Crippen molar-refractivity contribution in [2.75, 3.05) is 5.32 Å². The zero-order chi connectivity index (χ0) is 15.7. The van der Waals surface area contributed by atoms with Crippen LogP contribution in [-0.2, 0) is 6.42 Å². The lowest BCUT2D eigenvalue weighted by molar-refractivity contribution is 0.102. The van der Waals surface area contributed by atoms with Crippen molar-refractivity contribution in [3.63, 3.8) is 0 Å². The van der Waals surface area contributed by atoms with Crippen LogP contribution in [0, 0.1) is 6.92 Å². The van der Waals surface area contributed by atoms with Gasteiger partial charge in [0.15, 0.2) is 0 Å². The van der Waals surface area contributed by atoms with Gasteiger partial charge in [0.25, 0.3) is 5.91 Å². The number of nitrogens with zero attached hydrogens (tertiary/aromatic N) is 2. The van der Waals surface area contributed by atoms with E-state index < -0.39 is 0 Å². The number of hydrogen-bond donors (Lipinski definition) is 1. The first-order chi connectivity index (χ1) is 10.6. The predicted octanol–water partition coefficient (Wildman–Crippen LogP) is 4.22. The molecule has 3 rings (SSSR count). The van der Waals surface area contributed by atoms with Crippen LogP contribution >= 0.6 is 15.9 Å². The normalized spacial score (nSPS) is 10.9. The summed E-state index contributed by atoms with van der Waals surface area (Å²) in [4.78, 5) is 17.0. The minimum absolute atomic E-state index is 0.160. The number of aryl methyl sites for hydroxylation is 2. The summed E-state index contributed by atoms with van der Waals surface area (Å²) in [5.74, 6) is -0.160. The standard InChI is InChI=1S/C17H16BrN3O/c1-3-12-4-7-14(8-5-12)20-17(22)16-11(2)19-15-9-6-13(18)10-21(15)16/h4-10H,3H2,1-2H3,(H,20,22). The average molecular weight is 358 g/mol. The smallest absolute Gasteiger partial charge is 0.274 e. The molecule has 0 atom stereocenters. The topological polar surface area (TPSA) is 46.4 Å². The van der Waals surface area contributed by atoms with E-state index in [0.717, 1.165) is 22.2 Å². The van der Waals surface area contributed by atoms with Crippen molar-refractivity contribution < 1.29 is 4.79 Å². The number of pyridine rings is 1. The highest BCUT2D eigenvalue weighted by Gasteiger charge is 2.16. The molecule has 0 spiro atoms. The third-order valence-corrected chi connectivity index (χ3v) is 4.06. The van der Waals surface area contributed by atoms with Crippen molar-refractivity contribution in [1.82, 2.24) is 9.38 Å². The summed E-state index contributed by atoms with van der Waals surface area (Å²) < 4.78 is 2.70. The molecule has 22 heavy (non-hydrogen) atoms. The van der Waals surface area contributed by atoms with Gasteiger partial charge in [0.1, 0.15) is 11.3 Å². The van der Waals surface area contributed by atoms with Crippen LogP contribution in [0.4, 0.5) is 5.69 Å². The van der Waals surface area contributed by atoms with Gasteiger partial charge in [-0.25, -0.2) is 4.98 Å². The molecule has 1 amide bonds. The predicted molar refractivity (Wildman–Crippen MR) is 91.4 cm³/mol. The van der Waals surface area contributed by atoms with Crippen LogP contribution in [-0.4, -0.2) is 15.3 Å². The first kappa shape index (κ1) is 14.8. The zero-order valence-corrected chi connectivity index (χ0v) is 14.0. The van der Waals surface area contributed by atoms with Gasteiger partial charge in [-0.1, -0.05) is 19.1 Å². The molecule has 0 saturated heterocycles. The van der Waals surface area contributed by atoms with Crippen molar-refractivity contribution in [3.05, 3.63) is 64.0 Å². The van der Waals surface area contributed by atoms with Crippen molar-refractivity contribution in [2.45, 2.75) is 20.3 Å². The Morgan fingerprint density at radius 2 is 1.95 bits per heavy atom. The van der Waals surface area contributed by atoms with Gasteiger partial charge >= 0.3 is 0 Å². The Hall–Kier alpha value is -2.14. The molecule has 0 fully saturated rings. The molecule has 0 aliphatic carbocycles. The fourth-order valence-corrected chi connectivity index (χ4v) is 2.76. The van der Waals surface area contributed by atoms with Crippen LogP contribution < -0.4 is 5.32 Å². The van der Waals surface area contributed by atoms with E-state index in [2.05, 4.69) is 33.2 Å². The van der Waals surface area contributed by atoms with Gasteiger partial charge in [0.2, 0.25) is 0 Å². The Kier molecular flexibility index (Phi) is 3.98. The summed E-state index contributed by atoms with van der Waals surface area (Å²) >= 11 is 3.43. The first-order valence-electron chi connectivity index (χ1n) is 7.13. The number of anilines is 1. The van der Waals surface area contributed by atoms with E-state index in [9.17, 15) is 4.79 Å². The highest BCUT2D eigenvalue weighted by atomic mass is 79.9. The van der Waals surface area contributed by atoms with Gasteiger partial charge in [-0.15, -0.1) is 0 Å². The molecule has 2 heterocycles. The summed E-state index contributed by atoms with van der Waals surface area (Å²) in [6.07, 6.45) is 2.83. The molecule has 0 saturated carbocycles. The Labute approximate surface area is 137 Å². The van der Waals surface area contributed by atoms with E-state index in [4.69, 9.17) is 0 Å². The minimum Gasteiger partial charge on any atom is -0.321 e. The molecule has 0 aliphatic rings. The quantitative estimate of drug-likeness (QED) is 0.762. The summed E-state index contributed by atoms with van der Waals surface area (Å²) in [6, 6.07) is 11.7. The molecule has 0 radical (unpaired) electrons. The maximum absolute atomic E-state index is 12.6. The summed E-state index contributed by atoms with van der Waals surface area (Å²) in [6.45, 7) is 3.95. The molecule has 0 aliphatic heterocycles. The number of fused-ring (bicyclic) bond motifs is 1. The van der Waals surface area contributed by atoms with Crippen LogP contribution in [0.15, 0.2) is 47.1 Å². The fraction of sp³-hybridized carbons (Fsp3) is 0.176. The zero-order valence-electron chi connectivity index (χ0n) is 12.4. The number of halogens is 1. The number of hydrogen-bond acceptors (Lipinski definition) is 2. The third kappa shape index (κ3) is 2.76. The lowest BCUT2D eigenvalue weighted by Crippen LogP contribution is -2.15. The van der Waals surface area contributed by atoms with Crippen LogP contribution in [0.2, 0.25) is 0 Å². The summed E-state index contributed by atoms with van der Waals surface area (Å²) in [5, 5.41) is 2.93. The molecule has 0 unspecified atom stereocenters. The third-order valence-electron chi connectivity index (χ3n) is 3.59. The van der Waals surface area contributed by atoms with E-state index >= 15 is 0 Å². The minimum atomic E-state index is -0.160. The van der Waals surface area contributed by atoms with E-state index in [1.165, 1.54) is 5.56 Å². The van der Waals surface area contributed by atoms with Crippen LogP contribution in [0.3, 0.4) is 0 Å². The van der Waals surface area contributed by atoms with E-state index in [-0.39, 0.29) is 5.91 Å². The molecule has 1 aromatic carbocycles. The molecular weight excluding hydrogens is 342 g/mol. The second kappa shape index (κ2) is 5.93. The highest BCUT2D eigenvalue weighted by Crippen LogP contribution is 2.18. The highest BCUT2D eigenvalue weighted by molar-refractivity contribution is 9.10. The lowest BCUT2D eigenvalue weighted by atomic mass is 10.1. The Morgan fingerprint density at radius 1 is 1.23 bits per heavy atom. The number of aromatic nitrogens is 2. The van der Waals surface area contributed by atoms with Crippen LogP contribution in [0.25, 0.3) is 5.65 Å². The number of rotatable bonds is 3. The Morgan fingerprint density at radius 3 is 2.64 bits per heavy atom. The number of imidazole rings is 1. The summed E-state index contributed by atoms with van der Waals surface area (Å²) in [5.41, 5.74) is 4.04. The van der Waals surface area contributed by atoms with Crippen LogP contribution in [0.5, 0.6) is 0 Å². The Bertz CT molecular complexity index is 837. The maximum Gasteiger partial charge on any atom is 0.274 e. The van der Waals surface area contributed by atoms with Crippen molar-refractivity contribution in [1.29, 1.82) is 0 Å². The van der Waals surface area contributed by atoms with Gasteiger partial charge in [-0.2, -0.15) is 0 Å². The second-order valence-electron chi connectivity index (χ2n) is 5.13. The molecular formula is C17H16BrN3O. The van der Waals surface area contributed by atoms with Crippen molar-refractivity contribution in [3.8, 4) is 0 Å². The number of nitrogens with one attached hydrogen (secondary N) is 1. The molecule has 0 bridgehead atoms. The Balaban J connectivity index is 1.94. The van der Waals surface area contributed by atoms with E-state index in [1.807, 2.05) is 49.5 Å². The molecule has 1 N–H and O–H groups in total. The van der Waals surface area contributed by atoms with E-state index in [1.54, 1.807) is 4.40 Å². The lowest BCUT2D eigenvalue weighted by Gasteiger charge is -2.07. The second-order valence-corrected chi connectivity index (χ2v) is 6.04. The summed E-state index contributed by atoms with van der Waals surface area (Å²) in [7, 11) is 0. The molecule has 2 aromatic heterocycles. The van der Waals surface area contributed by atoms with Crippen molar-refractivity contribution >= 4 is 33.2 Å². The molecule has 5 heteroatoms. The molecule has 4 nitrogen and oxygen atoms in total. The van der Waals surface area contributed by atoms with Gasteiger partial charge in [0, 0.05) is 16.4 Å². The van der Waals surface area contributed by atoms with Gasteiger partial charge in [-0.3, -0.25) is 9.20 Å².